The Bertz CT molecular complexity index is 922. The molecule has 7 nitrogen and oxygen atoms in total. The lowest BCUT2D eigenvalue weighted by Crippen LogP contribution is -2.22. The number of carbonyl (C=O) groups excluding carboxylic acids is 2. The summed E-state index contributed by atoms with van der Waals surface area (Å²) in [7, 11) is 0. The summed E-state index contributed by atoms with van der Waals surface area (Å²) < 4.78 is 6.58. The van der Waals surface area contributed by atoms with Gasteiger partial charge in [-0.05, 0) is 42.0 Å². The van der Waals surface area contributed by atoms with Crippen LogP contribution in [0.5, 0.6) is 5.75 Å². The summed E-state index contributed by atoms with van der Waals surface area (Å²) in [6.45, 7) is 0.219. The van der Waals surface area contributed by atoms with Gasteiger partial charge in [-0.3, -0.25) is 10.1 Å². The van der Waals surface area contributed by atoms with Gasteiger partial charge in [0.05, 0.1) is 5.56 Å². The van der Waals surface area contributed by atoms with Gasteiger partial charge in [0, 0.05) is 10.0 Å². The predicted molar refractivity (Wildman–Crippen MR) is 96.5 cm³/mol. The molecule has 0 aromatic heterocycles. The molecular formula is C18H13BrN2O5. The van der Waals surface area contributed by atoms with Crippen LogP contribution in [-0.4, -0.2) is 23.0 Å². The maximum Gasteiger partial charge on any atom is 0.335 e. The van der Waals surface area contributed by atoms with E-state index in [-0.39, 0.29) is 17.9 Å². The van der Waals surface area contributed by atoms with Crippen molar-refractivity contribution in [1.29, 1.82) is 0 Å². The second-order valence-electron chi connectivity index (χ2n) is 5.44. The van der Waals surface area contributed by atoms with Crippen molar-refractivity contribution in [2.75, 3.05) is 0 Å². The molecule has 1 aliphatic rings. The molecule has 0 unspecified atom stereocenters. The zero-order valence-corrected chi connectivity index (χ0v) is 14.9. The van der Waals surface area contributed by atoms with Gasteiger partial charge in [0.2, 0.25) is 0 Å². The monoisotopic (exact) mass is 416 g/mol. The maximum atomic E-state index is 11.7. The highest BCUT2D eigenvalue weighted by atomic mass is 79.9. The molecule has 26 heavy (non-hydrogen) atoms. The van der Waals surface area contributed by atoms with E-state index in [9.17, 15) is 14.4 Å². The molecule has 3 amide bonds. The minimum atomic E-state index is -0.990. The highest BCUT2D eigenvalue weighted by molar-refractivity contribution is 9.10. The van der Waals surface area contributed by atoms with Crippen molar-refractivity contribution in [3.05, 3.63) is 69.3 Å². The summed E-state index contributed by atoms with van der Waals surface area (Å²) in [5, 5.41) is 13.5. The molecule has 2 aromatic carbocycles. The summed E-state index contributed by atoms with van der Waals surface area (Å²) in [5.41, 5.74) is 1.73. The highest BCUT2D eigenvalue weighted by Crippen LogP contribution is 2.26. The number of halogens is 1. The molecule has 1 heterocycles. The molecule has 1 fully saturated rings. The SMILES string of the molecule is O=C1NC(=O)/C(=C\c2cc(Br)ccc2OCc2ccc(C(=O)O)cc2)N1. The van der Waals surface area contributed by atoms with E-state index in [2.05, 4.69) is 26.6 Å². The fourth-order valence-electron chi connectivity index (χ4n) is 2.31. The molecular weight excluding hydrogens is 404 g/mol. The number of ether oxygens (including phenoxy) is 1. The van der Waals surface area contributed by atoms with Gasteiger partial charge in [-0.25, -0.2) is 9.59 Å². The molecule has 1 aliphatic heterocycles. The average Bonchev–Trinajstić information content (AvgIpc) is 2.92. The van der Waals surface area contributed by atoms with Crippen LogP contribution in [0.2, 0.25) is 0 Å². The van der Waals surface area contributed by atoms with Crippen molar-refractivity contribution in [2.45, 2.75) is 6.61 Å². The zero-order chi connectivity index (χ0) is 18.7. The standard InChI is InChI=1S/C18H13BrN2O5/c19-13-5-6-15(12(7-13)8-14-16(22)21-18(25)20-14)26-9-10-1-3-11(4-2-10)17(23)24/h1-8H,9H2,(H,23,24)(H2,20,21,22,25)/b14-8+. The summed E-state index contributed by atoms with van der Waals surface area (Å²) in [5.74, 6) is -0.988. The molecule has 3 rings (SSSR count). The molecule has 0 radical (unpaired) electrons. The maximum absolute atomic E-state index is 11.7. The van der Waals surface area contributed by atoms with Crippen molar-refractivity contribution >= 4 is 39.9 Å². The van der Waals surface area contributed by atoms with Crippen molar-refractivity contribution in [3.63, 3.8) is 0 Å². The van der Waals surface area contributed by atoms with Crippen molar-refractivity contribution in [1.82, 2.24) is 10.6 Å². The van der Waals surface area contributed by atoms with Crippen LogP contribution in [0.25, 0.3) is 6.08 Å². The fourth-order valence-corrected chi connectivity index (χ4v) is 2.68. The molecule has 2 aromatic rings. The number of urea groups is 1. The lowest BCUT2D eigenvalue weighted by molar-refractivity contribution is -0.115. The van der Waals surface area contributed by atoms with Gasteiger partial charge in [0.1, 0.15) is 18.1 Å². The van der Waals surface area contributed by atoms with E-state index in [1.165, 1.54) is 18.2 Å². The fraction of sp³-hybridized carbons (Fsp3) is 0.0556. The predicted octanol–water partition coefficient (Wildman–Crippen LogP) is 2.91. The van der Waals surface area contributed by atoms with Gasteiger partial charge in [-0.1, -0.05) is 28.1 Å². The number of amides is 3. The van der Waals surface area contributed by atoms with E-state index in [1.54, 1.807) is 30.3 Å². The van der Waals surface area contributed by atoms with Gasteiger partial charge in [-0.2, -0.15) is 0 Å². The number of carbonyl (C=O) groups is 3. The number of carboxylic acid groups (broad SMARTS) is 1. The Morgan fingerprint density at radius 3 is 2.46 bits per heavy atom. The summed E-state index contributed by atoms with van der Waals surface area (Å²) in [6, 6.07) is 11.1. The number of hydrogen-bond donors (Lipinski definition) is 3. The molecule has 8 heteroatoms. The Balaban J connectivity index is 1.80. The van der Waals surface area contributed by atoms with Crippen LogP contribution in [0.4, 0.5) is 4.79 Å². The Labute approximate surface area is 156 Å². The first-order valence-corrected chi connectivity index (χ1v) is 8.30. The number of rotatable bonds is 5. The van der Waals surface area contributed by atoms with E-state index in [0.29, 0.717) is 11.3 Å². The number of hydrogen-bond acceptors (Lipinski definition) is 4. The Kier molecular flexibility index (Phi) is 5.04. The topological polar surface area (TPSA) is 105 Å². The number of carboxylic acids is 1. The number of benzene rings is 2. The molecule has 0 bridgehead atoms. The molecule has 1 saturated heterocycles. The van der Waals surface area contributed by atoms with Gasteiger partial charge >= 0.3 is 12.0 Å². The van der Waals surface area contributed by atoms with E-state index in [4.69, 9.17) is 9.84 Å². The molecule has 132 valence electrons. The number of aromatic carboxylic acids is 1. The lowest BCUT2D eigenvalue weighted by Gasteiger charge is -2.10. The lowest BCUT2D eigenvalue weighted by atomic mass is 10.1. The minimum Gasteiger partial charge on any atom is -0.488 e. The highest BCUT2D eigenvalue weighted by Gasteiger charge is 2.23. The third-order valence-corrected chi connectivity index (χ3v) is 4.08. The van der Waals surface area contributed by atoms with E-state index in [1.807, 2.05) is 0 Å². The Hall–Kier alpha value is -3.13. The smallest absolute Gasteiger partial charge is 0.335 e. The first-order chi connectivity index (χ1) is 12.4. The summed E-state index contributed by atoms with van der Waals surface area (Å²) >= 11 is 3.36. The third-order valence-electron chi connectivity index (χ3n) is 3.59. The Morgan fingerprint density at radius 1 is 1.12 bits per heavy atom. The van der Waals surface area contributed by atoms with Gasteiger partial charge in [-0.15, -0.1) is 0 Å². The first kappa shape index (κ1) is 17.7. The van der Waals surface area contributed by atoms with Gasteiger partial charge in [0.15, 0.2) is 0 Å². The van der Waals surface area contributed by atoms with Crippen LogP contribution < -0.4 is 15.4 Å². The molecule has 0 aliphatic carbocycles. The first-order valence-electron chi connectivity index (χ1n) is 7.51. The average molecular weight is 417 g/mol. The summed E-state index contributed by atoms with van der Waals surface area (Å²) in [6.07, 6.45) is 1.52. The van der Waals surface area contributed by atoms with Crippen LogP contribution in [0.1, 0.15) is 21.5 Å². The van der Waals surface area contributed by atoms with Crippen molar-refractivity contribution in [2.24, 2.45) is 0 Å². The summed E-state index contributed by atoms with van der Waals surface area (Å²) in [4.78, 5) is 33.8. The van der Waals surface area contributed by atoms with E-state index in [0.717, 1.165) is 10.0 Å². The van der Waals surface area contributed by atoms with E-state index < -0.39 is 17.9 Å². The molecule has 0 saturated carbocycles. The second-order valence-corrected chi connectivity index (χ2v) is 6.35. The van der Waals surface area contributed by atoms with Crippen LogP contribution in [0, 0.1) is 0 Å². The molecule has 3 N–H and O–H groups in total. The minimum absolute atomic E-state index is 0.128. The Morgan fingerprint density at radius 2 is 1.85 bits per heavy atom. The molecule has 0 atom stereocenters. The van der Waals surface area contributed by atoms with Crippen LogP contribution in [-0.2, 0) is 11.4 Å². The second kappa shape index (κ2) is 7.40. The quantitative estimate of drug-likeness (QED) is 0.513. The van der Waals surface area contributed by atoms with Crippen LogP contribution >= 0.6 is 15.9 Å². The van der Waals surface area contributed by atoms with Crippen LogP contribution in [0.15, 0.2) is 52.6 Å². The normalized spacial score (nSPS) is 14.9. The number of nitrogens with one attached hydrogen (secondary N) is 2. The van der Waals surface area contributed by atoms with Gasteiger partial charge < -0.3 is 15.2 Å². The van der Waals surface area contributed by atoms with Crippen molar-refractivity contribution < 1.29 is 24.2 Å². The number of imide groups is 1. The van der Waals surface area contributed by atoms with Gasteiger partial charge in [0.25, 0.3) is 5.91 Å². The van der Waals surface area contributed by atoms with Crippen LogP contribution in [0.3, 0.4) is 0 Å². The molecule has 0 spiro atoms. The van der Waals surface area contributed by atoms with E-state index >= 15 is 0 Å². The largest absolute Gasteiger partial charge is 0.488 e. The van der Waals surface area contributed by atoms with Crippen molar-refractivity contribution in [3.8, 4) is 5.75 Å². The third kappa shape index (κ3) is 4.09. The zero-order valence-electron chi connectivity index (χ0n) is 13.3.